The van der Waals surface area contributed by atoms with E-state index in [4.69, 9.17) is 4.74 Å². The fourth-order valence-corrected chi connectivity index (χ4v) is 2.73. The first-order valence-corrected chi connectivity index (χ1v) is 7.67. The van der Waals surface area contributed by atoms with Gasteiger partial charge in [-0.05, 0) is 27.7 Å². The number of likely N-dealkylation sites (tertiary alicyclic amines) is 1. The predicted octanol–water partition coefficient (Wildman–Crippen LogP) is -0.294. The summed E-state index contributed by atoms with van der Waals surface area (Å²) in [5.74, 6) is 0. The van der Waals surface area contributed by atoms with Crippen LogP contribution in [0.2, 0.25) is 0 Å². The first-order chi connectivity index (χ1) is 11.0. The molecule has 24 heavy (non-hydrogen) atoms. The molecule has 1 fully saturated rings. The first kappa shape index (κ1) is 18.2. The van der Waals surface area contributed by atoms with Gasteiger partial charge in [0.25, 0.3) is 5.56 Å². The highest BCUT2D eigenvalue weighted by atomic mass is 16.6. The molecule has 0 unspecified atom stereocenters. The van der Waals surface area contributed by atoms with Gasteiger partial charge in [-0.3, -0.25) is 19.2 Å². The van der Waals surface area contributed by atoms with Crippen molar-refractivity contribution in [2.45, 2.75) is 58.0 Å². The number of aliphatic hydroxyl groups is 2. The molecule has 1 saturated heterocycles. The Bertz CT molecular complexity index is 732. The van der Waals surface area contributed by atoms with E-state index in [0.29, 0.717) is 5.56 Å². The first-order valence-electron chi connectivity index (χ1n) is 7.67. The van der Waals surface area contributed by atoms with Crippen molar-refractivity contribution in [1.29, 1.82) is 0 Å². The third-order valence-electron chi connectivity index (χ3n) is 3.83. The summed E-state index contributed by atoms with van der Waals surface area (Å²) >= 11 is 0. The van der Waals surface area contributed by atoms with Gasteiger partial charge in [0.1, 0.15) is 11.8 Å². The van der Waals surface area contributed by atoms with Gasteiger partial charge in [-0.15, -0.1) is 0 Å². The van der Waals surface area contributed by atoms with Crippen LogP contribution in [0.15, 0.2) is 15.8 Å². The summed E-state index contributed by atoms with van der Waals surface area (Å²) in [5, 5.41) is 19.7. The van der Waals surface area contributed by atoms with E-state index in [1.54, 1.807) is 20.8 Å². The molecule has 3 atom stereocenters. The number of H-pyrrole nitrogens is 1. The van der Waals surface area contributed by atoms with E-state index in [1.165, 1.54) is 17.7 Å². The Labute approximate surface area is 138 Å². The minimum atomic E-state index is -1.02. The third-order valence-corrected chi connectivity index (χ3v) is 3.83. The molecule has 3 N–H and O–H groups in total. The molecular formula is C15H23N3O6. The summed E-state index contributed by atoms with van der Waals surface area (Å²) in [6, 6.07) is -0.899. The van der Waals surface area contributed by atoms with E-state index < -0.39 is 47.9 Å². The molecule has 0 spiro atoms. The second kappa shape index (κ2) is 6.40. The van der Waals surface area contributed by atoms with Crippen LogP contribution in [0.25, 0.3) is 0 Å². The van der Waals surface area contributed by atoms with Crippen LogP contribution in [0.4, 0.5) is 4.79 Å². The third kappa shape index (κ3) is 3.51. The summed E-state index contributed by atoms with van der Waals surface area (Å²) in [4.78, 5) is 39.5. The van der Waals surface area contributed by atoms with Gasteiger partial charge in [0, 0.05) is 18.2 Å². The van der Waals surface area contributed by atoms with Crippen molar-refractivity contribution in [3.05, 3.63) is 32.6 Å². The maximum atomic E-state index is 12.5. The lowest BCUT2D eigenvalue weighted by molar-refractivity contribution is -0.00721. The van der Waals surface area contributed by atoms with Crippen LogP contribution < -0.4 is 11.2 Å². The number of amides is 1. The second-order valence-electron chi connectivity index (χ2n) is 6.90. The Morgan fingerprint density at radius 2 is 2.04 bits per heavy atom. The number of carbonyl (C=O) groups is 1. The maximum absolute atomic E-state index is 12.5. The van der Waals surface area contributed by atoms with Crippen molar-refractivity contribution >= 4 is 6.09 Å². The van der Waals surface area contributed by atoms with Crippen LogP contribution in [0.5, 0.6) is 0 Å². The molecule has 0 aliphatic carbocycles. The standard InChI is InChI=1S/C15H23N3O6/c1-8-6-17(13(22)16-12(8)21)11-5-10(20)9(7-19)18(11)14(23)24-15(2,3)4/h6,9-11,19-20H,5,7H2,1-4H3,(H,16,21,22)/t9-,10+,11-/m1/s1. The molecule has 1 aromatic heterocycles. The summed E-state index contributed by atoms with van der Waals surface area (Å²) in [7, 11) is 0. The number of hydrogen-bond acceptors (Lipinski definition) is 6. The largest absolute Gasteiger partial charge is 0.444 e. The molecule has 0 saturated carbocycles. The van der Waals surface area contributed by atoms with Gasteiger partial charge < -0.3 is 14.9 Å². The van der Waals surface area contributed by atoms with Gasteiger partial charge in [-0.2, -0.15) is 0 Å². The number of nitrogens with zero attached hydrogens (tertiary/aromatic N) is 2. The van der Waals surface area contributed by atoms with E-state index in [1.807, 2.05) is 0 Å². The number of ether oxygens (including phenoxy) is 1. The molecule has 2 rings (SSSR count). The minimum Gasteiger partial charge on any atom is -0.444 e. The van der Waals surface area contributed by atoms with Crippen molar-refractivity contribution in [3.63, 3.8) is 0 Å². The molecule has 1 amide bonds. The zero-order chi connectivity index (χ0) is 18.2. The molecular weight excluding hydrogens is 318 g/mol. The van der Waals surface area contributed by atoms with Crippen molar-refractivity contribution < 1.29 is 19.7 Å². The topological polar surface area (TPSA) is 125 Å². The van der Waals surface area contributed by atoms with Crippen LogP contribution in [0.3, 0.4) is 0 Å². The predicted molar refractivity (Wildman–Crippen MR) is 84.7 cm³/mol. The molecule has 134 valence electrons. The van der Waals surface area contributed by atoms with E-state index in [-0.39, 0.29) is 6.42 Å². The Hall–Kier alpha value is -2.13. The number of aromatic nitrogens is 2. The van der Waals surface area contributed by atoms with Crippen molar-refractivity contribution in [2.75, 3.05) is 6.61 Å². The van der Waals surface area contributed by atoms with Crippen LogP contribution in [0, 0.1) is 6.92 Å². The van der Waals surface area contributed by atoms with Crippen molar-refractivity contribution in [3.8, 4) is 0 Å². The van der Waals surface area contributed by atoms with Crippen LogP contribution >= 0.6 is 0 Å². The van der Waals surface area contributed by atoms with Gasteiger partial charge in [0.2, 0.25) is 0 Å². The molecule has 2 heterocycles. The summed E-state index contributed by atoms with van der Waals surface area (Å²) in [5.41, 5.74) is -1.70. The Morgan fingerprint density at radius 3 is 2.58 bits per heavy atom. The molecule has 9 heteroatoms. The number of aromatic amines is 1. The van der Waals surface area contributed by atoms with Gasteiger partial charge in [-0.25, -0.2) is 9.59 Å². The van der Waals surface area contributed by atoms with E-state index >= 15 is 0 Å². The molecule has 9 nitrogen and oxygen atoms in total. The molecule has 1 aliphatic rings. The summed E-state index contributed by atoms with van der Waals surface area (Å²) < 4.78 is 6.49. The number of carbonyl (C=O) groups excluding carboxylic acids is 1. The van der Waals surface area contributed by atoms with Crippen LogP contribution in [-0.2, 0) is 4.74 Å². The average Bonchev–Trinajstić information content (AvgIpc) is 2.77. The van der Waals surface area contributed by atoms with Gasteiger partial charge in [0.05, 0.1) is 18.8 Å². The van der Waals surface area contributed by atoms with Crippen LogP contribution in [-0.4, -0.2) is 55.1 Å². The Kier molecular flexibility index (Phi) is 4.86. The average molecular weight is 341 g/mol. The van der Waals surface area contributed by atoms with E-state index in [9.17, 15) is 24.6 Å². The number of rotatable bonds is 2. The lowest BCUT2D eigenvalue weighted by Gasteiger charge is -2.32. The molecule has 0 bridgehead atoms. The van der Waals surface area contributed by atoms with Gasteiger partial charge in [0.15, 0.2) is 0 Å². The highest BCUT2D eigenvalue weighted by Crippen LogP contribution is 2.33. The second-order valence-corrected chi connectivity index (χ2v) is 6.90. The fraction of sp³-hybridized carbons (Fsp3) is 0.667. The smallest absolute Gasteiger partial charge is 0.412 e. The fourth-order valence-electron chi connectivity index (χ4n) is 2.73. The quantitative estimate of drug-likeness (QED) is 0.679. The lowest BCUT2D eigenvalue weighted by Crippen LogP contribution is -2.48. The molecule has 0 aromatic carbocycles. The van der Waals surface area contributed by atoms with E-state index in [0.717, 1.165) is 4.90 Å². The Morgan fingerprint density at radius 1 is 1.42 bits per heavy atom. The highest BCUT2D eigenvalue weighted by molar-refractivity contribution is 5.69. The summed E-state index contributed by atoms with van der Waals surface area (Å²) in [6.45, 7) is 6.12. The zero-order valence-corrected chi connectivity index (χ0v) is 14.1. The zero-order valence-electron chi connectivity index (χ0n) is 14.1. The van der Waals surface area contributed by atoms with Gasteiger partial charge in [-0.1, -0.05) is 0 Å². The van der Waals surface area contributed by atoms with Crippen LogP contribution in [0.1, 0.15) is 38.9 Å². The van der Waals surface area contributed by atoms with E-state index in [2.05, 4.69) is 4.98 Å². The molecule has 1 aliphatic heterocycles. The van der Waals surface area contributed by atoms with Gasteiger partial charge >= 0.3 is 11.8 Å². The number of aryl methyl sites for hydroxylation is 1. The number of nitrogens with one attached hydrogen (secondary N) is 1. The monoisotopic (exact) mass is 341 g/mol. The van der Waals surface area contributed by atoms with Crippen molar-refractivity contribution in [1.82, 2.24) is 14.5 Å². The molecule has 1 aromatic rings. The highest BCUT2D eigenvalue weighted by Gasteiger charge is 2.45. The molecule has 0 radical (unpaired) electrons. The minimum absolute atomic E-state index is 0.0376. The van der Waals surface area contributed by atoms with Crippen molar-refractivity contribution in [2.24, 2.45) is 0 Å². The SMILES string of the molecule is Cc1cn([C@H]2C[C@H](O)[C@@H](CO)N2C(=O)OC(C)(C)C)c(=O)[nH]c1=O. The normalized spacial score (nSPS) is 24.2. The number of hydrogen-bond donors (Lipinski definition) is 3. The summed E-state index contributed by atoms with van der Waals surface area (Å²) in [6.07, 6.45) is -1.27. The number of aliphatic hydroxyl groups excluding tert-OH is 2. The lowest BCUT2D eigenvalue weighted by atomic mass is 10.2. The maximum Gasteiger partial charge on any atom is 0.412 e. The Balaban J connectivity index is 2.47.